The number of hydrogen-bond acceptors (Lipinski definition) is 6. The van der Waals surface area contributed by atoms with Crippen molar-refractivity contribution in [3.05, 3.63) is 115 Å². The summed E-state index contributed by atoms with van der Waals surface area (Å²) in [5.74, 6) is -1.34. The molecule has 1 aliphatic heterocycles. The number of halogens is 1. The third-order valence-electron chi connectivity index (χ3n) is 5.41. The number of nitrogens with one attached hydrogen (secondary N) is 1. The van der Waals surface area contributed by atoms with Crippen LogP contribution in [0.1, 0.15) is 37.4 Å². The van der Waals surface area contributed by atoms with E-state index in [9.17, 15) is 34.2 Å². The Morgan fingerprint density at radius 3 is 2.09 bits per heavy atom. The molecule has 0 aromatic heterocycles. The topological polar surface area (TPSA) is 136 Å². The molecule has 11 heteroatoms. The van der Waals surface area contributed by atoms with Crippen molar-refractivity contribution >= 4 is 23.2 Å². The van der Waals surface area contributed by atoms with E-state index in [1.54, 1.807) is 11.0 Å². The van der Waals surface area contributed by atoms with Crippen LogP contribution < -0.4 is 5.32 Å². The van der Waals surface area contributed by atoms with Gasteiger partial charge in [-0.05, 0) is 41.0 Å². The number of fused-ring (bicyclic) bond motifs is 1. The Bertz CT molecular complexity index is 1290. The Balaban J connectivity index is 1.44. The van der Waals surface area contributed by atoms with E-state index in [0.717, 1.165) is 34.9 Å². The largest absolute Gasteiger partial charge is 0.348 e. The van der Waals surface area contributed by atoms with E-state index >= 15 is 0 Å². The summed E-state index contributed by atoms with van der Waals surface area (Å²) in [6.45, 7) is 0.828. The van der Waals surface area contributed by atoms with E-state index in [2.05, 4.69) is 5.32 Å². The Kier molecular flexibility index (Phi) is 6.00. The molecule has 10 nitrogen and oxygen atoms in total. The molecule has 0 atom stereocenters. The highest BCUT2D eigenvalue weighted by atomic mass is 19.1. The quantitative estimate of drug-likeness (QED) is 0.436. The van der Waals surface area contributed by atoms with Crippen molar-refractivity contribution in [1.82, 2.24) is 10.2 Å². The number of carbonyl (C=O) groups excluding carboxylic acids is 2. The average Bonchev–Trinajstić information content (AvgIpc) is 3.25. The predicted molar refractivity (Wildman–Crippen MR) is 117 cm³/mol. The van der Waals surface area contributed by atoms with Gasteiger partial charge in [0.15, 0.2) is 0 Å². The molecule has 1 heterocycles. The second kappa shape index (κ2) is 9.06. The van der Waals surface area contributed by atoms with Crippen molar-refractivity contribution < 1.29 is 23.8 Å². The highest BCUT2D eigenvalue weighted by Gasteiger charge is 2.25. The lowest BCUT2D eigenvalue weighted by Crippen LogP contribution is -2.25. The van der Waals surface area contributed by atoms with Gasteiger partial charge in [-0.15, -0.1) is 0 Å². The molecular weight excluding hydrogens is 447 g/mol. The standard InChI is InChI=1S/C23H17FN4O6/c24-19-5-3-15(4-6-19)23(30)26-12-16-2-1-14(7-18(16)13-26)11-25-22(29)17-8-20(27(31)32)10-21(9-17)28(33)34/h1-10H,11-13H2,(H,25,29). The maximum Gasteiger partial charge on any atom is 0.277 e. The van der Waals surface area contributed by atoms with Crippen LogP contribution in [0.5, 0.6) is 0 Å². The van der Waals surface area contributed by atoms with Gasteiger partial charge in [0.25, 0.3) is 23.2 Å². The predicted octanol–water partition coefficient (Wildman–Crippen LogP) is 3.73. The van der Waals surface area contributed by atoms with E-state index in [0.29, 0.717) is 18.7 Å². The van der Waals surface area contributed by atoms with E-state index in [1.807, 2.05) is 12.1 Å². The first-order valence-corrected chi connectivity index (χ1v) is 10.1. The summed E-state index contributed by atoms with van der Waals surface area (Å²) in [4.78, 5) is 47.2. The van der Waals surface area contributed by atoms with Gasteiger partial charge >= 0.3 is 0 Å². The van der Waals surface area contributed by atoms with Crippen molar-refractivity contribution in [2.45, 2.75) is 19.6 Å². The fraction of sp³-hybridized carbons (Fsp3) is 0.130. The van der Waals surface area contributed by atoms with Gasteiger partial charge in [0.1, 0.15) is 5.82 Å². The van der Waals surface area contributed by atoms with Crippen LogP contribution in [0.3, 0.4) is 0 Å². The summed E-state index contributed by atoms with van der Waals surface area (Å²) >= 11 is 0. The zero-order valence-corrected chi connectivity index (χ0v) is 17.6. The van der Waals surface area contributed by atoms with Gasteiger partial charge in [0.05, 0.1) is 21.5 Å². The molecule has 3 aromatic carbocycles. The van der Waals surface area contributed by atoms with Crippen LogP contribution in [0, 0.1) is 26.0 Å². The van der Waals surface area contributed by atoms with Gasteiger partial charge in [-0.25, -0.2) is 4.39 Å². The zero-order valence-electron chi connectivity index (χ0n) is 17.6. The second-order valence-corrected chi connectivity index (χ2v) is 7.71. The van der Waals surface area contributed by atoms with Gasteiger partial charge in [-0.3, -0.25) is 29.8 Å². The molecule has 34 heavy (non-hydrogen) atoms. The number of nitrogens with zero attached hydrogens (tertiary/aromatic N) is 3. The molecule has 3 aromatic rings. The third kappa shape index (κ3) is 4.72. The molecule has 0 saturated carbocycles. The number of amides is 2. The Morgan fingerprint density at radius 2 is 1.47 bits per heavy atom. The fourth-order valence-corrected chi connectivity index (χ4v) is 3.70. The minimum atomic E-state index is -0.802. The van der Waals surface area contributed by atoms with Crippen LogP contribution in [0.15, 0.2) is 60.7 Å². The van der Waals surface area contributed by atoms with Crippen LogP contribution >= 0.6 is 0 Å². The van der Waals surface area contributed by atoms with Gasteiger partial charge < -0.3 is 10.2 Å². The van der Waals surface area contributed by atoms with E-state index in [-0.39, 0.29) is 18.0 Å². The smallest absolute Gasteiger partial charge is 0.277 e. The molecule has 0 bridgehead atoms. The number of hydrogen-bond donors (Lipinski definition) is 1. The first-order chi connectivity index (χ1) is 16.2. The van der Waals surface area contributed by atoms with Gasteiger partial charge in [0, 0.05) is 37.3 Å². The monoisotopic (exact) mass is 464 g/mol. The fourth-order valence-electron chi connectivity index (χ4n) is 3.70. The van der Waals surface area contributed by atoms with Gasteiger partial charge in [-0.1, -0.05) is 18.2 Å². The Morgan fingerprint density at radius 1 is 0.853 bits per heavy atom. The number of non-ortho nitro benzene ring substituents is 2. The molecule has 4 rings (SSSR count). The molecule has 2 amide bonds. The summed E-state index contributed by atoms with van der Waals surface area (Å²) in [5, 5.41) is 24.7. The first kappa shape index (κ1) is 22.5. The van der Waals surface area contributed by atoms with Crippen LogP contribution in [0.2, 0.25) is 0 Å². The minimum absolute atomic E-state index is 0.0779. The Hall–Kier alpha value is -4.67. The number of nitro groups is 2. The van der Waals surface area contributed by atoms with Crippen LogP contribution in [0.4, 0.5) is 15.8 Å². The molecule has 0 unspecified atom stereocenters. The van der Waals surface area contributed by atoms with Crippen molar-refractivity contribution in [3.63, 3.8) is 0 Å². The van der Waals surface area contributed by atoms with Crippen LogP contribution in [0.25, 0.3) is 0 Å². The number of carbonyl (C=O) groups is 2. The number of rotatable bonds is 6. The maximum atomic E-state index is 13.1. The van der Waals surface area contributed by atoms with Crippen molar-refractivity contribution in [1.29, 1.82) is 0 Å². The van der Waals surface area contributed by atoms with Gasteiger partial charge in [0.2, 0.25) is 0 Å². The summed E-state index contributed by atoms with van der Waals surface area (Å²) in [6.07, 6.45) is 0. The molecule has 0 aliphatic carbocycles. The van der Waals surface area contributed by atoms with Gasteiger partial charge in [-0.2, -0.15) is 0 Å². The second-order valence-electron chi connectivity index (χ2n) is 7.71. The van der Waals surface area contributed by atoms with Crippen molar-refractivity contribution in [2.75, 3.05) is 0 Å². The number of nitro benzene ring substituents is 2. The highest BCUT2D eigenvalue weighted by Crippen LogP contribution is 2.26. The summed E-state index contributed by atoms with van der Waals surface area (Å²) in [5.41, 5.74) is 1.65. The molecule has 0 spiro atoms. The van der Waals surface area contributed by atoms with E-state index in [4.69, 9.17) is 0 Å². The lowest BCUT2D eigenvalue weighted by molar-refractivity contribution is -0.394. The molecule has 0 radical (unpaired) electrons. The SMILES string of the molecule is O=C(NCc1ccc2c(c1)CN(C(=O)c1ccc(F)cc1)C2)c1cc([N+](=O)[O-])cc([N+](=O)[O-])c1. The maximum absolute atomic E-state index is 13.1. The molecule has 172 valence electrons. The average molecular weight is 464 g/mol. The number of benzene rings is 3. The molecule has 1 aliphatic rings. The van der Waals surface area contributed by atoms with Crippen LogP contribution in [-0.4, -0.2) is 26.6 Å². The minimum Gasteiger partial charge on any atom is -0.348 e. The van der Waals surface area contributed by atoms with E-state index in [1.165, 1.54) is 24.3 Å². The molecule has 0 fully saturated rings. The lowest BCUT2D eigenvalue weighted by Gasteiger charge is -2.15. The molecule has 1 N–H and O–H groups in total. The lowest BCUT2D eigenvalue weighted by atomic mass is 10.1. The molecular formula is C23H17FN4O6. The summed E-state index contributed by atoms with van der Waals surface area (Å²) in [7, 11) is 0. The Labute approximate surface area is 191 Å². The van der Waals surface area contributed by atoms with Crippen molar-refractivity contribution in [2.24, 2.45) is 0 Å². The summed E-state index contributed by atoms with van der Waals surface area (Å²) < 4.78 is 13.1. The highest BCUT2D eigenvalue weighted by molar-refractivity contribution is 5.95. The van der Waals surface area contributed by atoms with Crippen molar-refractivity contribution in [3.8, 4) is 0 Å². The van der Waals surface area contributed by atoms with Crippen LogP contribution in [-0.2, 0) is 19.6 Å². The zero-order chi connectivity index (χ0) is 24.4. The third-order valence-corrected chi connectivity index (χ3v) is 5.41. The normalized spacial score (nSPS) is 12.2. The summed E-state index contributed by atoms with van der Waals surface area (Å²) in [6, 6.07) is 13.5. The van der Waals surface area contributed by atoms with E-state index < -0.39 is 32.9 Å². The molecule has 0 saturated heterocycles. The first-order valence-electron chi connectivity index (χ1n) is 10.1.